The highest BCUT2D eigenvalue weighted by molar-refractivity contribution is 6.21. The molecule has 1 aromatic heterocycles. The van der Waals surface area contributed by atoms with Gasteiger partial charge in [0, 0.05) is 24.7 Å². The highest BCUT2D eigenvalue weighted by atomic mass is 35.5. The van der Waals surface area contributed by atoms with Crippen LogP contribution in [0.15, 0.2) is 16.9 Å². The van der Waals surface area contributed by atoms with E-state index in [4.69, 9.17) is 17.3 Å². The Labute approximate surface area is 90.5 Å². The lowest BCUT2D eigenvalue weighted by Gasteiger charge is -2.13. The van der Waals surface area contributed by atoms with Gasteiger partial charge in [0.05, 0.1) is 5.69 Å². The number of pyridine rings is 1. The molecule has 0 unspecified atom stereocenters. The van der Waals surface area contributed by atoms with Gasteiger partial charge in [0.1, 0.15) is 0 Å². The fourth-order valence-corrected chi connectivity index (χ4v) is 1.29. The van der Waals surface area contributed by atoms with Crippen molar-refractivity contribution in [3.63, 3.8) is 0 Å². The third-order valence-electron chi connectivity index (χ3n) is 2.11. The van der Waals surface area contributed by atoms with Crippen molar-refractivity contribution in [1.82, 2.24) is 4.57 Å². The summed E-state index contributed by atoms with van der Waals surface area (Å²) >= 11 is 4.75. The minimum Gasteiger partial charge on any atom is -0.397 e. The summed E-state index contributed by atoms with van der Waals surface area (Å²) in [6.45, 7) is 1.45. The number of halogens is 3. The van der Waals surface area contributed by atoms with Gasteiger partial charge in [-0.1, -0.05) is 0 Å². The largest absolute Gasteiger partial charge is 0.397 e. The van der Waals surface area contributed by atoms with Crippen LogP contribution >= 0.6 is 11.6 Å². The molecule has 6 heteroatoms. The number of aromatic nitrogens is 1. The van der Waals surface area contributed by atoms with Crippen LogP contribution in [-0.2, 0) is 6.54 Å². The third kappa shape index (κ3) is 3.20. The number of hydrogen-bond acceptors (Lipinski definition) is 2. The van der Waals surface area contributed by atoms with Crippen LogP contribution in [0.1, 0.15) is 12.1 Å². The molecule has 0 aliphatic rings. The smallest absolute Gasteiger partial charge is 0.323 e. The monoisotopic (exact) mass is 236 g/mol. The number of nitrogens with zero attached hydrogens (tertiary/aromatic N) is 1. The van der Waals surface area contributed by atoms with Gasteiger partial charge >= 0.3 is 5.38 Å². The summed E-state index contributed by atoms with van der Waals surface area (Å²) in [5, 5.41) is -3.30. The van der Waals surface area contributed by atoms with E-state index in [1.165, 1.54) is 16.7 Å². The van der Waals surface area contributed by atoms with E-state index in [9.17, 15) is 13.6 Å². The van der Waals surface area contributed by atoms with E-state index < -0.39 is 11.8 Å². The zero-order valence-corrected chi connectivity index (χ0v) is 8.89. The molecule has 0 aromatic carbocycles. The SMILES string of the molecule is Cc1c(N)ccc(=O)n1CCC(F)(F)Cl. The molecule has 0 aliphatic heterocycles. The van der Waals surface area contributed by atoms with Crippen LogP contribution in [0.3, 0.4) is 0 Å². The molecule has 0 bridgehead atoms. The lowest BCUT2D eigenvalue weighted by Crippen LogP contribution is -2.25. The average molecular weight is 237 g/mol. The Bertz CT molecular complexity index is 412. The lowest BCUT2D eigenvalue weighted by molar-refractivity contribution is 0.0803. The zero-order valence-electron chi connectivity index (χ0n) is 8.14. The quantitative estimate of drug-likeness (QED) is 0.816. The molecule has 1 aromatic rings. The van der Waals surface area contributed by atoms with E-state index in [2.05, 4.69) is 0 Å². The Morgan fingerprint density at radius 3 is 2.67 bits per heavy atom. The predicted octanol–water partition coefficient (Wildman–Crippen LogP) is 1.96. The van der Waals surface area contributed by atoms with E-state index in [1.54, 1.807) is 6.92 Å². The maximum absolute atomic E-state index is 12.4. The Kier molecular flexibility index (Phi) is 3.34. The van der Waals surface area contributed by atoms with E-state index in [0.29, 0.717) is 11.4 Å². The van der Waals surface area contributed by atoms with Crippen molar-refractivity contribution >= 4 is 17.3 Å². The first kappa shape index (κ1) is 12.0. The molecule has 0 saturated heterocycles. The van der Waals surface area contributed by atoms with Gasteiger partial charge in [-0.05, 0) is 24.6 Å². The predicted molar refractivity (Wildman–Crippen MR) is 55.3 cm³/mol. The van der Waals surface area contributed by atoms with Crippen molar-refractivity contribution in [2.45, 2.75) is 25.3 Å². The molecule has 0 fully saturated rings. The molecular weight excluding hydrogens is 226 g/mol. The summed E-state index contributed by atoms with van der Waals surface area (Å²) < 4.78 is 26.0. The number of alkyl halides is 3. The van der Waals surface area contributed by atoms with E-state index in [-0.39, 0.29) is 12.1 Å². The fourth-order valence-electron chi connectivity index (χ4n) is 1.21. The molecule has 0 aliphatic carbocycles. The first-order valence-electron chi connectivity index (χ1n) is 4.34. The summed E-state index contributed by atoms with van der Waals surface area (Å²) in [6.07, 6.45) is -0.598. The summed E-state index contributed by atoms with van der Waals surface area (Å²) in [5.41, 5.74) is 6.06. The molecule has 1 heterocycles. The molecule has 3 nitrogen and oxygen atoms in total. The van der Waals surface area contributed by atoms with Crippen molar-refractivity contribution in [3.05, 3.63) is 28.2 Å². The molecule has 84 valence electrons. The number of nitrogen functional groups attached to an aromatic ring is 1. The van der Waals surface area contributed by atoms with Crippen molar-refractivity contribution < 1.29 is 8.78 Å². The van der Waals surface area contributed by atoms with E-state index in [0.717, 1.165) is 0 Å². The van der Waals surface area contributed by atoms with Crippen LogP contribution in [0.4, 0.5) is 14.5 Å². The van der Waals surface area contributed by atoms with Gasteiger partial charge in [0.15, 0.2) is 0 Å². The zero-order chi connectivity index (χ0) is 11.6. The maximum Gasteiger partial charge on any atom is 0.323 e. The second-order valence-corrected chi connectivity index (χ2v) is 3.78. The van der Waals surface area contributed by atoms with Crippen LogP contribution < -0.4 is 11.3 Å². The number of hydrogen-bond donors (Lipinski definition) is 1. The Balaban J connectivity index is 2.95. The summed E-state index contributed by atoms with van der Waals surface area (Å²) in [4.78, 5) is 11.3. The first-order chi connectivity index (χ1) is 6.81. The van der Waals surface area contributed by atoms with Crippen molar-refractivity contribution in [1.29, 1.82) is 0 Å². The summed E-state index contributed by atoms with van der Waals surface area (Å²) in [6, 6.07) is 2.70. The first-order valence-corrected chi connectivity index (χ1v) is 4.72. The molecule has 15 heavy (non-hydrogen) atoms. The molecule has 2 N–H and O–H groups in total. The molecular formula is C9H11ClF2N2O. The minimum absolute atomic E-state index is 0.147. The standard InChI is InChI=1S/C9H11ClF2N2O/c1-6-7(13)2-3-8(15)14(6)5-4-9(10,11)12/h2-3H,4-5,13H2,1H3. The van der Waals surface area contributed by atoms with Crippen molar-refractivity contribution in [2.75, 3.05) is 5.73 Å². The Morgan fingerprint density at radius 1 is 1.53 bits per heavy atom. The van der Waals surface area contributed by atoms with Gasteiger partial charge in [-0.15, -0.1) is 0 Å². The summed E-state index contributed by atoms with van der Waals surface area (Å²) in [7, 11) is 0. The third-order valence-corrected chi connectivity index (χ3v) is 2.30. The van der Waals surface area contributed by atoms with Crippen LogP contribution in [0, 0.1) is 6.92 Å². The highest BCUT2D eigenvalue weighted by Gasteiger charge is 2.24. The molecule has 0 atom stereocenters. The van der Waals surface area contributed by atoms with Gasteiger partial charge in [-0.2, -0.15) is 8.78 Å². The average Bonchev–Trinajstić information content (AvgIpc) is 2.10. The fraction of sp³-hybridized carbons (Fsp3) is 0.444. The van der Waals surface area contributed by atoms with Crippen LogP contribution in [0.2, 0.25) is 0 Å². The number of nitrogens with two attached hydrogens (primary N) is 1. The molecule has 0 radical (unpaired) electrons. The highest BCUT2D eigenvalue weighted by Crippen LogP contribution is 2.23. The van der Waals surface area contributed by atoms with Gasteiger partial charge < -0.3 is 10.3 Å². The lowest BCUT2D eigenvalue weighted by atomic mass is 10.3. The van der Waals surface area contributed by atoms with E-state index in [1.807, 2.05) is 0 Å². The normalized spacial score (nSPS) is 11.7. The van der Waals surface area contributed by atoms with Crippen LogP contribution in [0.25, 0.3) is 0 Å². The second kappa shape index (κ2) is 4.18. The maximum atomic E-state index is 12.4. The van der Waals surface area contributed by atoms with Crippen LogP contribution in [-0.4, -0.2) is 9.95 Å². The van der Waals surface area contributed by atoms with E-state index >= 15 is 0 Å². The van der Waals surface area contributed by atoms with Crippen LogP contribution in [0.5, 0.6) is 0 Å². The molecule has 0 spiro atoms. The molecule has 0 saturated carbocycles. The van der Waals surface area contributed by atoms with Crippen molar-refractivity contribution in [2.24, 2.45) is 0 Å². The minimum atomic E-state index is -3.30. The number of rotatable bonds is 3. The van der Waals surface area contributed by atoms with Gasteiger partial charge in [0.25, 0.3) is 5.56 Å². The topological polar surface area (TPSA) is 48.0 Å². The van der Waals surface area contributed by atoms with Crippen molar-refractivity contribution in [3.8, 4) is 0 Å². The Morgan fingerprint density at radius 2 is 2.13 bits per heavy atom. The van der Waals surface area contributed by atoms with Gasteiger partial charge in [-0.3, -0.25) is 4.79 Å². The molecule has 0 amide bonds. The Hall–Kier alpha value is -1.10. The summed E-state index contributed by atoms with van der Waals surface area (Å²) in [5.74, 6) is 0. The number of anilines is 1. The molecule has 1 rings (SSSR count). The second-order valence-electron chi connectivity index (χ2n) is 3.23. The van der Waals surface area contributed by atoms with Gasteiger partial charge in [-0.25, -0.2) is 0 Å². The van der Waals surface area contributed by atoms with Gasteiger partial charge in [0.2, 0.25) is 0 Å².